The average molecular weight is 150 g/mol. The van der Waals surface area contributed by atoms with E-state index in [2.05, 4.69) is 10.9 Å². The van der Waals surface area contributed by atoms with Crippen LogP contribution >= 0.6 is 0 Å². The van der Waals surface area contributed by atoms with Gasteiger partial charge in [-0.15, -0.1) is 0 Å². The predicted molar refractivity (Wildman–Crippen MR) is 37.7 cm³/mol. The van der Waals surface area contributed by atoms with Crippen molar-refractivity contribution in [1.29, 1.82) is 0 Å². The second-order valence-electron chi connectivity index (χ2n) is 1.98. The van der Waals surface area contributed by atoms with Crippen LogP contribution in [0.2, 0.25) is 0 Å². The molecular formula is C7H6N2O2. The molecule has 0 saturated heterocycles. The van der Waals surface area contributed by atoms with Gasteiger partial charge in [-0.25, -0.2) is 9.78 Å². The van der Waals surface area contributed by atoms with Crippen LogP contribution < -0.4 is 0 Å². The van der Waals surface area contributed by atoms with Crippen molar-refractivity contribution >= 4 is 5.97 Å². The average Bonchev–Trinajstić information content (AvgIpc) is 2.31. The van der Waals surface area contributed by atoms with E-state index in [0.29, 0.717) is 5.69 Å². The summed E-state index contributed by atoms with van der Waals surface area (Å²) < 4.78 is 1.70. The van der Waals surface area contributed by atoms with Gasteiger partial charge in [-0.3, -0.25) is 0 Å². The first-order chi connectivity index (χ1) is 5.18. The molecule has 1 aromatic rings. The summed E-state index contributed by atoms with van der Waals surface area (Å²) in [4.78, 5) is 13.8. The largest absolute Gasteiger partial charge is 0.472 e. The van der Waals surface area contributed by atoms with Gasteiger partial charge in [0.05, 0.1) is 6.33 Å². The predicted octanol–water partition coefficient (Wildman–Crippen LogP) is -0.144. The summed E-state index contributed by atoms with van der Waals surface area (Å²) in [6.07, 6.45) is 3.21. The first-order valence-electron chi connectivity index (χ1n) is 2.91. The zero-order valence-electron chi connectivity index (χ0n) is 5.90. The number of aromatic nitrogens is 2. The van der Waals surface area contributed by atoms with Gasteiger partial charge in [0.25, 0.3) is 0 Å². The lowest BCUT2D eigenvalue weighted by Gasteiger charge is -1.78. The van der Waals surface area contributed by atoms with Crippen molar-refractivity contribution in [3.63, 3.8) is 0 Å². The number of rotatable bonds is 0. The van der Waals surface area contributed by atoms with E-state index in [1.54, 1.807) is 24.1 Å². The van der Waals surface area contributed by atoms with E-state index < -0.39 is 5.97 Å². The molecule has 4 heteroatoms. The smallest absolute Gasteiger partial charge is 0.382 e. The number of carboxylic acids is 1. The van der Waals surface area contributed by atoms with Crippen LogP contribution in [0.5, 0.6) is 0 Å². The fraction of sp³-hybridized carbons (Fsp3) is 0.143. The summed E-state index contributed by atoms with van der Waals surface area (Å²) >= 11 is 0. The number of carbonyl (C=O) groups is 1. The summed E-state index contributed by atoms with van der Waals surface area (Å²) in [6, 6.07) is 0. The Morgan fingerprint density at radius 3 is 3.00 bits per heavy atom. The number of nitrogens with zero attached hydrogens (tertiary/aromatic N) is 2. The Morgan fingerprint density at radius 2 is 2.55 bits per heavy atom. The Labute approximate surface area is 63.5 Å². The van der Waals surface area contributed by atoms with E-state index in [-0.39, 0.29) is 0 Å². The van der Waals surface area contributed by atoms with Crippen LogP contribution in [0, 0.1) is 11.8 Å². The molecular weight excluding hydrogens is 144 g/mol. The maximum absolute atomic E-state index is 9.97. The number of aliphatic carboxylic acids is 1. The van der Waals surface area contributed by atoms with E-state index in [9.17, 15) is 4.79 Å². The van der Waals surface area contributed by atoms with Crippen LogP contribution in [0.4, 0.5) is 0 Å². The quantitative estimate of drug-likeness (QED) is 0.523. The molecule has 0 fully saturated rings. The molecule has 0 unspecified atom stereocenters. The third kappa shape index (κ3) is 2.14. The molecule has 1 N–H and O–H groups in total. The molecule has 1 heterocycles. The van der Waals surface area contributed by atoms with Gasteiger partial charge in [0.2, 0.25) is 0 Å². The number of imidazole rings is 1. The van der Waals surface area contributed by atoms with Crippen LogP contribution in [0.25, 0.3) is 0 Å². The summed E-state index contributed by atoms with van der Waals surface area (Å²) in [7, 11) is 1.79. The Morgan fingerprint density at radius 1 is 1.82 bits per heavy atom. The second kappa shape index (κ2) is 2.88. The summed E-state index contributed by atoms with van der Waals surface area (Å²) in [5.41, 5.74) is 0.468. The maximum Gasteiger partial charge on any atom is 0.382 e. The van der Waals surface area contributed by atoms with Crippen molar-refractivity contribution in [2.24, 2.45) is 7.05 Å². The van der Waals surface area contributed by atoms with Gasteiger partial charge in [-0.2, -0.15) is 0 Å². The standard InChI is InChI=1S/C7H6N2O2/c1-9-4-6(8-5-9)2-3-7(10)11/h4-5H,1H3,(H,10,11). The fourth-order valence-corrected chi connectivity index (χ4v) is 0.595. The lowest BCUT2D eigenvalue weighted by molar-refractivity contribution is -0.130. The highest BCUT2D eigenvalue weighted by molar-refractivity contribution is 5.87. The third-order valence-corrected chi connectivity index (χ3v) is 1.00. The normalized spacial score (nSPS) is 8.45. The SMILES string of the molecule is Cn1cnc(C#CC(=O)O)c1. The number of carboxylic acid groups (broad SMARTS) is 1. The molecule has 0 bridgehead atoms. The molecule has 0 aromatic carbocycles. The van der Waals surface area contributed by atoms with E-state index in [4.69, 9.17) is 5.11 Å². The highest BCUT2D eigenvalue weighted by Crippen LogP contribution is 1.89. The van der Waals surface area contributed by atoms with Gasteiger partial charge in [0.15, 0.2) is 0 Å². The fourth-order valence-electron chi connectivity index (χ4n) is 0.595. The summed E-state index contributed by atoms with van der Waals surface area (Å²) in [5, 5.41) is 8.17. The molecule has 0 aliphatic carbocycles. The van der Waals surface area contributed by atoms with Crippen molar-refractivity contribution in [1.82, 2.24) is 9.55 Å². The Kier molecular flexibility index (Phi) is 1.93. The van der Waals surface area contributed by atoms with Crippen molar-refractivity contribution < 1.29 is 9.90 Å². The first kappa shape index (κ1) is 7.35. The lowest BCUT2D eigenvalue weighted by Crippen LogP contribution is -1.87. The molecule has 0 spiro atoms. The first-order valence-corrected chi connectivity index (χ1v) is 2.91. The van der Waals surface area contributed by atoms with Crippen molar-refractivity contribution in [2.45, 2.75) is 0 Å². The van der Waals surface area contributed by atoms with E-state index in [0.717, 1.165) is 0 Å². The number of aryl methyl sites for hydroxylation is 1. The molecule has 0 radical (unpaired) electrons. The molecule has 0 amide bonds. The van der Waals surface area contributed by atoms with E-state index in [1.807, 2.05) is 5.92 Å². The van der Waals surface area contributed by atoms with Crippen LogP contribution in [0.1, 0.15) is 5.69 Å². The number of hydrogen-bond donors (Lipinski definition) is 1. The Bertz CT molecular complexity index is 330. The van der Waals surface area contributed by atoms with Crippen molar-refractivity contribution in [3.8, 4) is 11.8 Å². The van der Waals surface area contributed by atoms with Gasteiger partial charge in [0, 0.05) is 19.2 Å². The lowest BCUT2D eigenvalue weighted by atomic mass is 10.4. The minimum Gasteiger partial charge on any atom is -0.472 e. The van der Waals surface area contributed by atoms with Gasteiger partial charge >= 0.3 is 5.97 Å². The van der Waals surface area contributed by atoms with Crippen LogP contribution in [0.3, 0.4) is 0 Å². The zero-order valence-corrected chi connectivity index (χ0v) is 5.90. The Balaban J connectivity index is 2.82. The molecule has 0 aliphatic heterocycles. The monoisotopic (exact) mass is 150 g/mol. The molecule has 4 nitrogen and oxygen atoms in total. The molecule has 0 aliphatic rings. The Hall–Kier alpha value is -1.76. The molecule has 11 heavy (non-hydrogen) atoms. The minimum atomic E-state index is -1.14. The van der Waals surface area contributed by atoms with E-state index in [1.165, 1.54) is 0 Å². The van der Waals surface area contributed by atoms with Crippen molar-refractivity contribution in [2.75, 3.05) is 0 Å². The topological polar surface area (TPSA) is 55.1 Å². The van der Waals surface area contributed by atoms with Crippen LogP contribution in [-0.4, -0.2) is 20.6 Å². The van der Waals surface area contributed by atoms with Crippen molar-refractivity contribution in [3.05, 3.63) is 18.2 Å². The highest BCUT2D eigenvalue weighted by atomic mass is 16.4. The molecule has 1 rings (SSSR count). The van der Waals surface area contributed by atoms with Crippen LogP contribution in [-0.2, 0) is 11.8 Å². The van der Waals surface area contributed by atoms with Crippen LogP contribution in [0.15, 0.2) is 12.5 Å². The molecule has 0 atom stereocenters. The highest BCUT2D eigenvalue weighted by Gasteiger charge is 1.90. The summed E-state index contributed by atoms with van der Waals surface area (Å²) in [5.74, 6) is 3.21. The summed E-state index contributed by atoms with van der Waals surface area (Å²) in [6.45, 7) is 0. The maximum atomic E-state index is 9.97. The van der Waals surface area contributed by atoms with Gasteiger partial charge in [-0.05, 0) is 5.92 Å². The molecule has 56 valence electrons. The van der Waals surface area contributed by atoms with Gasteiger partial charge in [0.1, 0.15) is 5.69 Å². The molecule has 0 saturated carbocycles. The zero-order chi connectivity index (χ0) is 8.27. The number of hydrogen-bond acceptors (Lipinski definition) is 2. The van der Waals surface area contributed by atoms with Gasteiger partial charge in [-0.1, -0.05) is 0 Å². The minimum absolute atomic E-state index is 0.468. The molecule has 1 aromatic heterocycles. The second-order valence-corrected chi connectivity index (χ2v) is 1.98. The third-order valence-electron chi connectivity index (χ3n) is 1.00. The van der Waals surface area contributed by atoms with Gasteiger partial charge < -0.3 is 9.67 Å². The van der Waals surface area contributed by atoms with E-state index >= 15 is 0 Å².